The Morgan fingerprint density at radius 1 is 1.00 bits per heavy atom. The van der Waals surface area contributed by atoms with E-state index < -0.39 is 11.9 Å². The minimum absolute atomic E-state index is 0.599. The quantitative estimate of drug-likeness (QED) is 0.414. The van der Waals surface area contributed by atoms with Crippen molar-refractivity contribution in [3.05, 3.63) is 30.3 Å². The molecule has 0 spiro atoms. The van der Waals surface area contributed by atoms with Gasteiger partial charge in [0.2, 0.25) is 0 Å². The van der Waals surface area contributed by atoms with E-state index in [1.165, 1.54) is 0 Å². The molecule has 1 aromatic carbocycles. The van der Waals surface area contributed by atoms with Crippen LogP contribution in [0.5, 0.6) is 5.75 Å². The number of aliphatic carboxylic acids is 2. The number of benzene rings is 1. The number of likely N-dealkylation sites (N-methyl/N-ethyl adjacent to an activating group) is 1. The number of carboxylic acid groups (broad SMARTS) is 2. The summed E-state index contributed by atoms with van der Waals surface area (Å²) in [6, 6.07) is 9.80. The molecule has 0 saturated carbocycles. The van der Waals surface area contributed by atoms with Crippen LogP contribution in [0.2, 0.25) is 0 Å². The Morgan fingerprint density at radius 2 is 1.62 bits per heavy atom. The van der Waals surface area contributed by atoms with Crippen LogP contribution in [0, 0.1) is 0 Å². The summed E-state index contributed by atoms with van der Waals surface area (Å²) >= 11 is 0. The number of rotatable bonds is 10. The Balaban J connectivity index is 0.000000754. The van der Waals surface area contributed by atoms with E-state index in [4.69, 9.17) is 29.3 Å². The summed E-state index contributed by atoms with van der Waals surface area (Å²) in [4.78, 5) is 20.4. The van der Waals surface area contributed by atoms with Gasteiger partial charge >= 0.3 is 11.9 Å². The fourth-order valence-corrected chi connectivity index (χ4v) is 1.41. The summed E-state index contributed by atoms with van der Waals surface area (Å²) in [5, 5.41) is 18.1. The SMILES string of the molecule is CN(C)CCNCCOCCOc1ccccc1.O=C(O)C(=O)O. The number of nitrogens with zero attached hydrogens (tertiary/aromatic N) is 1. The Labute approximate surface area is 142 Å². The van der Waals surface area contributed by atoms with Crippen molar-refractivity contribution in [2.75, 3.05) is 53.6 Å². The number of para-hydroxylation sites is 1. The van der Waals surface area contributed by atoms with Gasteiger partial charge in [0.15, 0.2) is 0 Å². The van der Waals surface area contributed by atoms with Gasteiger partial charge < -0.3 is 29.9 Å². The first-order valence-corrected chi connectivity index (χ1v) is 7.50. The molecule has 0 bridgehead atoms. The minimum Gasteiger partial charge on any atom is -0.491 e. The third kappa shape index (κ3) is 14.8. The summed E-state index contributed by atoms with van der Waals surface area (Å²) in [7, 11) is 4.14. The number of carbonyl (C=O) groups is 2. The first kappa shape index (κ1) is 21.8. The molecule has 0 atom stereocenters. The lowest BCUT2D eigenvalue weighted by atomic mass is 10.3. The maximum absolute atomic E-state index is 9.10. The highest BCUT2D eigenvalue weighted by Crippen LogP contribution is 2.07. The van der Waals surface area contributed by atoms with Crippen LogP contribution in [-0.2, 0) is 14.3 Å². The van der Waals surface area contributed by atoms with E-state index in [-0.39, 0.29) is 0 Å². The van der Waals surface area contributed by atoms with Gasteiger partial charge in [-0.15, -0.1) is 0 Å². The van der Waals surface area contributed by atoms with E-state index >= 15 is 0 Å². The van der Waals surface area contributed by atoms with E-state index in [0.29, 0.717) is 13.2 Å². The highest BCUT2D eigenvalue weighted by Gasteiger charge is 2.04. The predicted octanol–water partition coefficient (Wildman–Crippen LogP) is 0.389. The van der Waals surface area contributed by atoms with Gasteiger partial charge in [-0.25, -0.2) is 9.59 Å². The Bertz CT molecular complexity index is 441. The van der Waals surface area contributed by atoms with Crippen molar-refractivity contribution >= 4 is 11.9 Å². The van der Waals surface area contributed by atoms with E-state index in [9.17, 15) is 0 Å². The molecule has 3 N–H and O–H groups in total. The first-order valence-electron chi connectivity index (χ1n) is 7.50. The van der Waals surface area contributed by atoms with Crippen LogP contribution in [0.3, 0.4) is 0 Å². The van der Waals surface area contributed by atoms with Gasteiger partial charge in [0, 0.05) is 19.6 Å². The third-order valence-corrected chi connectivity index (χ3v) is 2.58. The summed E-state index contributed by atoms with van der Waals surface area (Å²) in [5.41, 5.74) is 0. The topological polar surface area (TPSA) is 108 Å². The van der Waals surface area contributed by atoms with Crippen molar-refractivity contribution in [1.29, 1.82) is 0 Å². The third-order valence-electron chi connectivity index (χ3n) is 2.58. The van der Waals surface area contributed by atoms with Crippen molar-refractivity contribution < 1.29 is 29.3 Å². The zero-order chi connectivity index (χ0) is 18.2. The van der Waals surface area contributed by atoms with Crippen molar-refractivity contribution in [2.24, 2.45) is 0 Å². The number of ether oxygens (including phenoxy) is 2. The van der Waals surface area contributed by atoms with Gasteiger partial charge in [0.05, 0.1) is 13.2 Å². The predicted molar refractivity (Wildman–Crippen MR) is 89.5 cm³/mol. The average molecular weight is 342 g/mol. The molecular formula is C16H26N2O6. The summed E-state index contributed by atoms with van der Waals surface area (Å²) < 4.78 is 11.0. The van der Waals surface area contributed by atoms with Crippen LogP contribution >= 0.6 is 0 Å². The fraction of sp³-hybridized carbons (Fsp3) is 0.500. The Kier molecular flexibility index (Phi) is 13.1. The molecule has 0 aliphatic rings. The summed E-state index contributed by atoms with van der Waals surface area (Å²) in [6.07, 6.45) is 0. The largest absolute Gasteiger partial charge is 0.491 e. The second-order valence-electron chi connectivity index (χ2n) is 4.94. The van der Waals surface area contributed by atoms with Crippen molar-refractivity contribution in [1.82, 2.24) is 10.2 Å². The lowest BCUT2D eigenvalue weighted by molar-refractivity contribution is -0.159. The van der Waals surface area contributed by atoms with Gasteiger partial charge in [0.25, 0.3) is 0 Å². The van der Waals surface area contributed by atoms with Gasteiger partial charge in [-0.2, -0.15) is 0 Å². The maximum Gasteiger partial charge on any atom is 0.414 e. The number of hydrogen-bond acceptors (Lipinski definition) is 6. The molecule has 24 heavy (non-hydrogen) atoms. The first-order chi connectivity index (χ1) is 11.4. The number of carboxylic acids is 2. The second kappa shape index (κ2) is 14.4. The summed E-state index contributed by atoms with van der Waals surface area (Å²) in [5.74, 6) is -2.75. The lowest BCUT2D eigenvalue weighted by Crippen LogP contribution is -2.29. The van der Waals surface area contributed by atoms with Gasteiger partial charge in [0.1, 0.15) is 12.4 Å². The molecule has 8 heteroatoms. The van der Waals surface area contributed by atoms with Crippen LogP contribution in [0.15, 0.2) is 30.3 Å². The molecule has 0 unspecified atom stereocenters. The van der Waals surface area contributed by atoms with Gasteiger partial charge in [-0.1, -0.05) is 18.2 Å². The molecule has 0 aliphatic heterocycles. The standard InChI is InChI=1S/C14H24N2O2.C2H2O4/c1-16(2)10-8-15-9-11-17-12-13-18-14-6-4-3-5-7-14;3-1(4)2(5)6/h3-7,15H,8-13H2,1-2H3;(H,3,4)(H,5,6). The monoisotopic (exact) mass is 342 g/mol. The zero-order valence-corrected chi connectivity index (χ0v) is 14.1. The molecule has 0 fully saturated rings. The van der Waals surface area contributed by atoms with E-state index in [1.54, 1.807) is 0 Å². The Hall–Kier alpha value is -2.16. The second-order valence-corrected chi connectivity index (χ2v) is 4.94. The van der Waals surface area contributed by atoms with Crippen molar-refractivity contribution in [3.63, 3.8) is 0 Å². The molecular weight excluding hydrogens is 316 g/mol. The molecule has 0 amide bonds. The van der Waals surface area contributed by atoms with E-state index in [2.05, 4.69) is 24.3 Å². The lowest BCUT2D eigenvalue weighted by Gasteiger charge is -2.10. The smallest absolute Gasteiger partial charge is 0.414 e. The molecule has 0 aliphatic carbocycles. The van der Waals surface area contributed by atoms with Crippen LogP contribution in [0.25, 0.3) is 0 Å². The molecule has 136 valence electrons. The van der Waals surface area contributed by atoms with Gasteiger partial charge in [-0.05, 0) is 26.2 Å². The highest BCUT2D eigenvalue weighted by molar-refractivity contribution is 6.27. The van der Waals surface area contributed by atoms with Crippen LogP contribution in [0.4, 0.5) is 0 Å². The van der Waals surface area contributed by atoms with Gasteiger partial charge in [-0.3, -0.25) is 0 Å². The number of hydrogen-bond donors (Lipinski definition) is 3. The minimum atomic E-state index is -1.82. The molecule has 0 saturated heterocycles. The average Bonchev–Trinajstić information content (AvgIpc) is 2.54. The molecule has 0 radical (unpaired) electrons. The molecule has 0 aromatic heterocycles. The Morgan fingerprint density at radius 3 is 2.17 bits per heavy atom. The molecule has 1 aromatic rings. The van der Waals surface area contributed by atoms with Crippen LogP contribution in [-0.4, -0.2) is 80.6 Å². The van der Waals surface area contributed by atoms with E-state index in [0.717, 1.165) is 32.0 Å². The van der Waals surface area contributed by atoms with Crippen molar-refractivity contribution in [2.45, 2.75) is 0 Å². The van der Waals surface area contributed by atoms with Crippen LogP contribution < -0.4 is 10.1 Å². The molecule has 1 rings (SSSR count). The van der Waals surface area contributed by atoms with Crippen molar-refractivity contribution in [3.8, 4) is 5.75 Å². The highest BCUT2D eigenvalue weighted by atomic mass is 16.5. The fourth-order valence-electron chi connectivity index (χ4n) is 1.41. The number of nitrogens with one attached hydrogen (secondary N) is 1. The molecule has 8 nitrogen and oxygen atoms in total. The molecule has 0 heterocycles. The maximum atomic E-state index is 9.10. The zero-order valence-electron chi connectivity index (χ0n) is 14.1. The normalized spacial score (nSPS) is 9.96. The van der Waals surface area contributed by atoms with Crippen LogP contribution in [0.1, 0.15) is 0 Å². The summed E-state index contributed by atoms with van der Waals surface area (Å²) in [6.45, 7) is 4.89. The van der Waals surface area contributed by atoms with E-state index in [1.807, 2.05) is 30.3 Å².